The Labute approximate surface area is 91.1 Å². The van der Waals surface area contributed by atoms with Crippen LogP contribution in [0.25, 0.3) is 0 Å². The molecule has 1 aromatic rings. The maximum absolute atomic E-state index is 4.12. The van der Waals surface area contributed by atoms with E-state index < -0.39 is 0 Å². The maximum Gasteiger partial charge on any atom is 0.146 e. The first kappa shape index (κ1) is 10.6. The molecule has 2 rings (SSSR count). The van der Waals surface area contributed by atoms with Gasteiger partial charge < -0.3 is 9.88 Å². The Morgan fingerprint density at radius 2 is 2.40 bits per heavy atom. The van der Waals surface area contributed by atoms with Gasteiger partial charge in [-0.3, -0.25) is 0 Å². The zero-order valence-corrected chi connectivity index (χ0v) is 9.61. The molecule has 1 aromatic heterocycles. The molecule has 84 valence electrons. The van der Waals surface area contributed by atoms with Crippen LogP contribution in [-0.2, 0) is 13.1 Å². The van der Waals surface area contributed by atoms with Gasteiger partial charge in [0.1, 0.15) is 12.2 Å². The largest absolute Gasteiger partial charge is 0.317 e. The van der Waals surface area contributed by atoms with Crippen LogP contribution in [0.4, 0.5) is 0 Å². The van der Waals surface area contributed by atoms with Crippen molar-refractivity contribution < 1.29 is 0 Å². The van der Waals surface area contributed by atoms with E-state index in [4.69, 9.17) is 0 Å². The van der Waals surface area contributed by atoms with Crippen molar-refractivity contribution in [1.29, 1.82) is 0 Å². The van der Waals surface area contributed by atoms with E-state index >= 15 is 0 Å². The van der Waals surface area contributed by atoms with Crippen LogP contribution in [0.2, 0.25) is 0 Å². The Hall–Kier alpha value is -0.900. The minimum Gasteiger partial charge on any atom is -0.317 e. The molecule has 0 amide bonds. The minimum atomic E-state index is 0.682. The summed E-state index contributed by atoms with van der Waals surface area (Å²) in [7, 11) is 0. The van der Waals surface area contributed by atoms with E-state index in [0.29, 0.717) is 6.04 Å². The van der Waals surface area contributed by atoms with Crippen LogP contribution in [0.3, 0.4) is 0 Å². The summed E-state index contributed by atoms with van der Waals surface area (Å²) < 4.78 is 2.09. The van der Waals surface area contributed by atoms with Gasteiger partial charge in [-0.25, -0.2) is 0 Å². The first-order valence-corrected chi connectivity index (χ1v) is 5.89. The lowest BCUT2D eigenvalue weighted by Crippen LogP contribution is -2.27. The Kier molecular flexibility index (Phi) is 3.36. The molecule has 0 spiro atoms. The monoisotopic (exact) mass is 208 g/mol. The van der Waals surface area contributed by atoms with Crippen molar-refractivity contribution in [2.45, 2.75) is 52.2 Å². The fraction of sp³-hybridized carbons (Fsp3) is 0.818. The molecule has 0 saturated heterocycles. The molecule has 1 N–H and O–H groups in total. The molecule has 1 aliphatic rings. The molecule has 4 heteroatoms. The van der Waals surface area contributed by atoms with E-state index in [9.17, 15) is 0 Å². The molecule has 1 saturated carbocycles. The number of nitrogens with zero attached hydrogens (tertiary/aromatic N) is 3. The van der Waals surface area contributed by atoms with E-state index in [-0.39, 0.29) is 0 Å². The molecule has 1 aliphatic carbocycles. The summed E-state index contributed by atoms with van der Waals surface area (Å²) in [5.74, 6) is 1.93. The van der Waals surface area contributed by atoms with Crippen LogP contribution in [0.1, 0.15) is 38.9 Å². The van der Waals surface area contributed by atoms with Gasteiger partial charge in [0.25, 0.3) is 0 Å². The molecule has 0 radical (unpaired) electrons. The van der Waals surface area contributed by atoms with Crippen molar-refractivity contribution in [3.8, 4) is 0 Å². The van der Waals surface area contributed by atoms with Crippen LogP contribution in [-0.4, -0.2) is 20.8 Å². The van der Waals surface area contributed by atoms with E-state index in [2.05, 4.69) is 33.9 Å². The molecule has 2 atom stereocenters. The van der Waals surface area contributed by atoms with Crippen LogP contribution in [0, 0.1) is 5.92 Å². The molecule has 15 heavy (non-hydrogen) atoms. The quantitative estimate of drug-likeness (QED) is 0.817. The third-order valence-corrected chi connectivity index (χ3v) is 3.28. The molecule has 1 fully saturated rings. The van der Waals surface area contributed by atoms with Crippen LogP contribution in [0.5, 0.6) is 0 Å². The van der Waals surface area contributed by atoms with Gasteiger partial charge in [-0.2, -0.15) is 0 Å². The number of hydrogen-bond donors (Lipinski definition) is 1. The Bertz CT molecular complexity index is 307. The molecule has 4 nitrogen and oxygen atoms in total. The molecular formula is C11H20N4. The molecular weight excluding hydrogens is 188 g/mol. The molecule has 0 aromatic carbocycles. The number of hydrogen-bond acceptors (Lipinski definition) is 3. The Morgan fingerprint density at radius 3 is 3.07 bits per heavy atom. The van der Waals surface area contributed by atoms with Gasteiger partial charge in [0.05, 0.1) is 6.54 Å². The minimum absolute atomic E-state index is 0.682. The van der Waals surface area contributed by atoms with E-state index in [1.807, 2.05) is 0 Å². The first-order valence-electron chi connectivity index (χ1n) is 5.89. The van der Waals surface area contributed by atoms with Crippen LogP contribution < -0.4 is 5.32 Å². The van der Waals surface area contributed by atoms with Crippen molar-refractivity contribution in [3.63, 3.8) is 0 Å². The predicted octanol–water partition coefficient (Wildman–Crippen LogP) is 1.58. The SMILES string of the molecule is CCn1cnnc1CNC1CCC(C)C1. The topological polar surface area (TPSA) is 42.7 Å². The molecule has 0 aliphatic heterocycles. The second-order valence-corrected chi connectivity index (χ2v) is 4.53. The number of nitrogens with one attached hydrogen (secondary N) is 1. The zero-order valence-electron chi connectivity index (χ0n) is 9.61. The average molecular weight is 208 g/mol. The van der Waals surface area contributed by atoms with Crippen molar-refractivity contribution >= 4 is 0 Å². The van der Waals surface area contributed by atoms with E-state index in [1.54, 1.807) is 6.33 Å². The molecule has 0 bridgehead atoms. The average Bonchev–Trinajstić information content (AvgIpc) is 2.83. The smallest absolute Gasteiger partial charge is 0.146 e. The molecule has 2 unspecified atom stereocenters. The summed E-state index contributed by atoms with van der Waals surface area (Å²) in [5.41, 5.74) is 0. The summed E-state index contributed by atoms with van der Waals surface area (Å²) in [6.07, 6.45) is 5.77. The van der Waals surface area contributed by atoms with Gasteiger partial charge in [0, 0.05) is 12.6 Å². The van der Waals surface area contributed by atoms with Gasteiger partial charge in [-0.1, -0.05) is 6.92 Å². The third-order valence-electron chi connectivity index (χ3n) is 3.28. The van der Waals surface area contributed by atoms with Crippen molar-refractivity contribution in [1.82, 2.24) is 20.1 Å². The number of rotatable bonds is 4. The Balaban J connectivity index is 1.83. The van der Waals surface area contributed by atoms with Crippen molar-refractivity contribution in [2.75, 3.05) is 0 Å². The summed E-state index contributed by atoms with van der Waals surface area (Å²) in [6.45, 7) is 6.25. The highest BCUT2D eigenvalue weighted by Gasteiger charge is 2.20. The van der Waals surface area contributed by atoms with Crippen LogP contribution in [0.15, 0.2) is 6.33 Å². The zero-order chi connectivity index (χ0) is 10.7. The number of aryl methyl sites for hydroxylation is 1. The summed E-state index contributed by atoms with van der Waals surface area (Å²) in [5, 5.41) is 11.6. The lowest BCUT2D eigenvalue weighted by Gasteiger charge is -2.11. The van der Waals surface area contributed by atoms with Gasteiger partial charge in [0.2, 0.25) is 0 Å². The standard InChI is InChI=1S/C11H20N4/c1-3-15-8-13-14-11(15)7-12-10-5-4-9(2)6-10/h8-10,12H,3-7H2,1-2H3. The van der Waals surface area contributed by atoms with Crippen molar-refractivity contribution in [2.24, 2.45) is 5.92 Å². The number of aromatic nitrogens is 3. The van der Waals surface area contributed by atoms with Crippen molar-refractivity contribution in [3.05, 3.63) is 12.2 Å². The Morgan fingerprint density at radius 1 is 1.53 bits per heavy atom. The highest BCUT2D eigenvalue weighted by atomic mass is 15.3. The van der Waals surface area contributed by atoms with Gasteiger partial charge in [-0.15, -0.1) is 10.2 Å². The molecule has 1 heterocycles. The van der Waals surface area contributed by atoms with Gasteiger partial charge in [-0.05, 0) is 32.1 Å². The van der Waals surface area contributed by atoms with E-state index in [0.717, 1.165) is 24.8 Å². The first-order chi connectivity index (χ1) is 7.29. The van der Waals surface area contributed by atoms with Gasteiger partial charge in [0.15, 0.2) is 0 Å². The fourth-order valence-corrected chi connectivity index (χ4v) is 2.31. The van der Waals surface area contributed by atoms with E-state index in [1.165, 1.54) is 19.3 Å². The second-order valence-electron chi connectivity index (χ2n) is 4.53. The highest BCUT2D eigenvalue weighted by Crippen LogP contribution is 2.24. The third kappa shape index (κ3) is 2.56. The van der Waals surface area contributed by atoms with Crippen LogP contribution >= 0.6 is 0 Å². The highest BCUT2D eigenvalue weighted by molar-refractivity contribution is 4.87. The lowest BCUT2D eigenvalue weighted by atomic mass is 10.1. The normalized spacial score (nSPS) is 26.0. The second kappa shape index (κ2) is 4.75. The fourth-order valence-electron chi connectivity index (χ4n) is 2.31. The predicted molar refractivity (Wildman–Crippen MR) is 59.3 cm³/mol. The maximum atomic E-state index is 4.12. The summed E-state index contributed by atoms with van der Waals surface area (Å²) >= 11 is 0. The summed E-state index contributed by atoms with van der Waals surface area (Å²) in [6, 6.07) is 0.682. The summed E-state index contributed by atoms with van der Waals surface area (Å²) in [4.78, 5) is 0. The lowest BCUT2D eigenvalue weighted by molar-refractivity contribution is 0.485. The van der Waals surface area contributed by atoms with Gasteiger partial charge >= 0.3 is 0 Å².